The highest BCUT2D eigenvalue weighted by molar-refractivity contribution is 7.89. The van der Waals surface area contributed by atoms with Crippen molar-refractivity contribution >= 4 is 51.0 Å². The van der Waals surface area contributed by atoms with E-state index in [1.54, 1.807) is 52.9 Å². The highest BCUT2D eigenvalue weighted by Crippen LogP contribution is 2.44. The number of hydrogen-bond acceptors (Lipinski definition) is 9. The number of ether oxygens (including phenoxy) is 2. The second-order valence-corrected chi connectivity index (χ2v) is 12.5. The van der Waals surface area contributed by atoms with Crippen molar-refractivity contribution in [2.24, 2.45) is 4.99 Å². The number of esters is 1. The number of carbonyl (C=O) groups is 2. The van der Waals surface area contributed by atoms with E-state index in [2.05, 4.69) is 15.3 Å². The number of halogens is 1. The van der Waals surface area contributed by atoms with Gasteiger partial charge in [0.1, 0.15) is 11.1 Å². The Kier molecular flexibility index (Phi) is 7.49. The summed E-state index contributed by atoms with van der Waals surface area (Å²) >= 11 is 7.78. The van der Waals surface area contributed by atoms with Crippen LogP contribution in [0.3, 0.4) is 0 Å². The van der Waals surface area contributed by atoms with E-state index in [0.717, 1.165) is 4.31 Å². The molecule has 1 amide bonds. The van der Waals surface area contributed by atoms with E-state index in [9.17, 15) is 18.0 Å². The number of nitrogens with zero attached hydrogens (tertiary/aromatic N) is 3. The van der Waals surface area contributed by atoms with E-state index >= 15 is 0 Å². The van der Waals surface area contributed by atoms with Gasteiger partial charge in [-0.05, 0) is 46.8 Å². The van der Waals surface area contributed by atoms with Crippen LogP contribution in [0.15, 0.2) is 29.5 Å². The Balaban J connectivity index is 2.01. The molecule has 1 aliphatic heterocycles. The van der Waals surface area contributed by atoms with Gasteiger partial charge in [-0.15, -0.1) is 11.3 Å². The highest BCUT2D eigenvalue weighted by atomic mass is 35.5. The SMILES string of the molecule is CCOC(=O)c1cncc(-c2cc(Cl)c([C@]3(C)CS(=O)(=O)N(C)C(NC(=O)OC(C)(C)C)=N3)s2)c1. The van der Waals surface area contributed by atoms with Crippen LogP contribution >= 0.6 is 22.9 Å². The minimum atomic E-state index is -3.85. The van der Waals surface area contributed by atoms with Crippen LogP contribution in [0.25, 0.3) is 10.4 Å². The Labute approximate surface area is 213 Å². The van der Waals surface area contributed by atoms with Crippen LogP contribution in [0.2, 0.25) is 5.02 Å². The lowest BCUT2D eigenvalue weighted by molar-refractivity contribution is 0.0522. The summed E-state index contributed by atoms with van der Waals surface area (Å²) in [6.45, 7) is 8.65. The van der Waals surface area contributed by atoms with Gasteiger partial charge in [-0.1, -0.05) is 11.6 Å². The zero-order valence-electron chi connectivity index (χ0n) is 20.2. The third kappa shape index (κ3) is 6.11. The van der Waals surface area contributed by atoms with Gasteiger partial charge in [0.15, 0.2) is 0 Å². The highest BCUT2D eigenvalue weighted by Gasteiger charge is 2.44. The molecule has 1 N–H and O–H groups in total. The van der Waals surface area contributed by atoms with Crippen molar-refractivity contribution in [1.82, 2.24) is 14.6 Å². The minimum absolute atomic E-state index is 0.176. The summed E-state index contributed by atoms with van der Waals surface area (Å²) in [4.78, 5) is 34.2. The fraction of sp³-hybridized carbons (Fsp3) is 0.455. The van der Waals surface area contributed by atoms with Gasteiger partial charge < -0.3 is 9.47 Å². The normalized spacial score (nSPS) is 19.6. The molecule has 0 unspecified atom stereocenters. The molecule has 1 atom stereocenters. The second kappa shape index (κ2) is 9.75. The molecular formula is C22H27ClN4O6S2. The number of rotatable bonds is 4. The Morgan fingerprint density at radius 3 is 2.60 bits per heavy atom. The number of nitrogens with one attached hydrogen (secondary N) is 1. The zero-order chi connectivity index (χ0) is 26.2. The largest absolute Gasteiger partial charge is 0.462 e. The van der Waals surface area contributed by atoms with E-state index in [1.165, 1.54) is 24.6 Å². The van der Waals surface area contributed by atoms with Crippen LogP contribution in [0, 0.1) is 0 Å². The number of amides is 1. The first kappa shape index (κ1) is 26.9. The molecule has 10 nitrogen and oxygen atoms in total. The average Bonchev–Trinajstić information content (AvgIpc) is 3.13. The molecule has 35 heavy (non-hydrogen) atoms. The monoisotopic (exact) mass is 542 g/mol. The Morgan fingerprint density at radius 1 is 1.29 bits per heavy atom. The van der Waals surface area contributed by atoms with E-state index in [-0.39, 0.29) is 23.9 Å². The van der Waals surface area contributed by atoms with E-state index in [1.807, 2.05) is 0 Å². The first-order chi connectivity index (χ1) is 16.1. The van der Waals surface area contributed by atoms with E-state index in [0.29, 0.717) is 20.3 Å². The van der Waals surface area contributed by atoms with Gasteiger partial charge in [-0.3, -0.25) is 10.3 Å². The molecule has 190 valence electrons. The van der Waals surface area contributed by atoms with Gasteiger partial charge in [0.25, 0.3) is 0 Å². The first-order valence-corrected chi connectivity index (χ1v) is 13.4. The molecule has 0 fully saturated rings. The second-order valence-electron chi connectivity index (χ2n) is 9.03. The number of thiophene rings is 1. The Hall–Kier alpha value is -2.70. The summed E-state index contributed by atoms with van der Waals surface area (Å²) in [6.07, 6.45) is 2.14. The minimum Gasteiger partial charge on any atom is -0.462 e. The summed E-state index contributed by atoms with van der Waals surface area (Å²) in [5.41, 5.74) is -1.17. The lowest BCUT2D eigenvalue weighted by atomic mass is 10.0. The van der Waals surface area contributed by atoms with Gasteiger partial charge in [0.2, 0.25) is 16.0 Å². The van der Waals surface area contributed by atoms with Crippen molar-refractivity contribution in [3.8, 4) is 10.4 Å². The van der Waals surface area contributed by atoms with Crippen molar-refractivity contribution in [1.29, 1.82) is 0 Å². The van der Waals surface area contributed by atoms with Crippen LogP contribution in [0.5, 0.6) is 0 Å². The molecule has 3 heterocycles. The molecule has 0 saturated carbocycles. The molecule has 2 aromatic rings. The molecule has 0 aromatic carbocycles. The molecule has 1 aliphatic rings. The average molecular weight is 543 g/mol. The summed E-state index contributed by atoms with van der Waals surface area (Å²) in [6, 6.07) is 3.30. The topological polar surface area (TPSA) is 127 Å². The summed E-state index contributed by atoms with van der Waals surface area (Å²) in [5.74, 6) is -1.04. The molecular weight excluding hydrogens is 516 g/mol. The number of hydrogen-bond donors (Lipinski definition) is 1. The number of guanidine groups is 1. The van der Waals surface area contributed by atoms with Crippen molar-refractivity contribution < 1.29 is 27.5 Å². The predicted molar refractivity (Wildman–Crippen MR) is 134 cm³/mol. The van der Waals surface area contributed by atoms with Gasteiger partial charge >= 0.3 is 12.1 Å². The van der Waals surface area contributed by atoms with Crippen molar-refractivity contribution in [3.63, 3.8) is 0 Å². The van der Waals surface area contributed by atoms with Crippen molar-refractivity contribution in [2.75, 3.05) is 19.4 Å². The lowest BCUT2D eigenvalue weighted by Crippen LogP contribution is -2.53. The van der Waals surface area contributed by atoms with Crippen LogP contribution in [-0.2, 0) is 25.0 Å². The molecule has 0 saturated heterocycles. The van der Waals surface area contributed by atoms with Gasteiger partial charge in [-0.2, -0.15) is 0 Å². The van der Waals surface area contributed by atoms with E-state index < -0.39 is 33.2 Å². The summed E-state index contributed by atoms with van der Waals surface area (Å²) < 4.78 is 37.1. The summed E-state index contributed by atoms with van der Waals surface area (Å²) in [5, 5.41) is 2.73. The van der Waals surface area contributed by atoms with Gasteiger partial charge in [0.05, 0.1) is 27.8 Å². The Bertz CT molecular complexity index is 1290. The first-order valence-electron chi connectivity index (χ1n) is 10.6. The smallest absolute Gasteiger partial charge is 0.414 e. The Morgan fingerprint density at radius 2 is 1.97 bits per heavy atom. The fourth-order valence-corrected chi connectivity index (χ4v) is 6.48. The molecule has 13 heteroatoms. The van der Waals surface area contributed by atoms with Crippen LogP contribution in [0.1, 0.15) is 49.9 Å². The van der Waals surface area contributed by atoms with Crippen LogP contribution in [0.4, 0.5) is 4.79 Å². The molecule has 3 rings (SSSR count). The van der Waals surface area contributed by atoms with Crippen molar-refractivity contribution in [2.45, 2.75) is 45.8 Å². The van der Waals surface area contributed by atoms with Gasteiger partial charge in [-0.25, -0.2) is 27.3 Å². The number of sulfonamides is 1. The zero-order valence-corrected chi connectivity index (χ0v) is 22.6. The number of alkyl carbamates (subject to hydrolysis) is 1. The third-order valence-corrected chi connectivity index (χ3v) is 8.64. The third-order valence-electron chi connectivity index (χ3n) is 4.85. The molecule has 0 spiro atoms. The van der Waals surface area contributed by atoms with Crippen LogP contribution in [-0.4, -0.2) is 60.7 Å². The molecule has 0 bridgehead atoms. The molecule has 0 radical (unpaired) electrons. The van der Waals surface area contributed by atoms with Crippen LogP contribution < -0.4 is 5.32 Å². The van der Waals surface area contributed by atoms with Gasteiger partial charge in [0, 0.05) is 29.9 Å². The maximum Gasteiger partial charge on any atom is 0.414 e. The van der Waals surface area contributed by atoms with Crippen molar-refractivity contribution in [3.05, 3.63) is 40.0 Å². The predicted octanol–water partition coefficient (Wildman–Crippen LogP) is 4.01. The number of pyridine rings is 1. The number of aliphatic imine (C=N–C) groups is 1. The quantitative estimate of drug-likeness (QED) is 0.578. The standard InChI is InChI=1S/C22H27ClN4O6S2/c1-7-32-18(28)14-8-13(10-24-11-14)16-9-15(23)17(34-16)22(5)12-35(30,31)27(6)19(26-22)25-20(29)33-21(2,3)4/h8-11H,7,12H2,1-6H3,(H,25,26,29)/t22-/m0/s1. The lowest BCUT2D eigenvalue weighted by Gasteiger charge is -2.35. The maximum absolute atomic E-state index is 13.0. The molecule has 2 aromatic heterocycles. The fourth-order valence-electron chi connectivity index (χ4n) is 3.32. The van der Waals surface area contributed by atoms with E-state index in [4.69, 9.17) is 21.1 Å². The number of carbonyl (C=O) groups excluding carboxylic acids is 2. The number of aromatic nitrogens is 1. The summed E-state index contributed by atoms with van der Waals surface area (Å²) in [7, 11) is -2.54. The molecule has 0 aliphatic carbocycles. The maximum atomic E-state index is 13.0.